The SMILES string of the molecule is C=C1CN2C[C@H](F)CC2(COc2nc3c4c(nc(-c5cccc6cccc(C#N)c56)c(F)c4n2)OC(C)C2C4CCC(CN32)N4C(=O)O)C1. The molecule has 6 atom stereocenters. The predicted octanol–water partition coefficient (Wildman–Crippen LogP) is 5.46. The number of carboxylic acid groups (broad SMARTS) is 1. The number of hydrogen-bond donors (Lipinski definition) is 1. The van der Waals surface area contributed by atoms with E-state index in [1.807, 2.05) is 24.0 Å². The minimum absolute atomic E-state index is 0.0416. The van der Waals surface area contributed by atoms with Gasteiger partial charge < -0.3 is 19.5 Å². The van der Waals surface area contributed by atoms with Crippen molar-refractivity contribution in [1.29, 1.82) is 5.26 Å². The quantitative estimate of drug-likeness (QED) is 0.281. The number of alkyl halides is 1. The van der Waals surface area contributed by atoms with E-state index < -0.39 is 35.8 Å². The molecule has 0 radical (unpaired) electrons. The average Bonchev–Trinajstić information content (AvgIpc) is 3.64. The molecular weight excluding hydrogens is 632 g/mol. The Morgan fingerprint density at radius 1 is 1.18 bits per heavy atom. The summed E-state index contributed by atoms with van der Waals surface area (Å²) in [7, 11) is 0. The van der Waals surface area contributed by atoms with Gasteiger partial charge in [-0.2, -0.15) is 15.2 Å². The van der Waals surface area contributed by atoms with Crippen LogP contribution in [0.25, 0.3) is 32.9 Å². The van der Waals surface area contributed by atoms with E-state index in [1.54, 1.807) is 24.3 Å². The number of piperazine rings is 1. The van der Waals surface area contributed by atoms with Gasteiger partial charge in [0.15, 0.2) is 5.82 Å². The number of hydrogen-bond acceptors (Lipinski definition) is 9. The summed E-state index contributed by atoms with van der Waals surface area (Å²) in [6.45, 7) is 7.30. The fourth-order valence-electron chi connectivity index (χ4n) is 9.24. The van der Waals surface area contributed by atoms with Gasteiger partial charge in [0, 0.05) is 37.0 Å². The molecule has 7 heterocycles. The number of benzene rings is 2. The van der Waals surface area contributed by atoms with Crippen molar-refractivity contribution in [2.24, 2.45) is 0 Å². The molecule has 2 bridgehead atoms. The molecule has 49 heavy (non-hydrogen) atoms. The van der Waals surface area contributed by atoms with Crippen LogP contribution in [0.5, 0.6) is 11.9 Å². The highest BCUT2D eigenvalue weighted by molar-refractivity contribution is 6.03. The van der Waals surface area contributed by atoms with Crippen LogP contribution in [-0.4, -0.2) is 98.1 Å². The molecule has 13 heteroatoms. The third-order valence-electron chi connectivity index (χ3n) is 11.1. The molecule has 0 aliphatic carbocycles. The molecular formula is C36H33F2N7O4. The van der Waals surface area contributed by atoms with Gasteiger partial charge in [0.05, 0.1) is 35.3 Å². The van der Waals surface area contributed by atoms with E-state index in [4.69, 9.17) is 19.4 Å². The van der Waals surface area contributed by atoms with Crippen LogP contribution in [-0.2, 0) is 0 Å². The lowest BCUT2D eigenvalue weighted by atomic mass is 9.93. The zero-order chi connectivity index (χ0) is 33.8. The van der Waals surface area contributed by atoms with Gasteiger partial charge in [-0.25, -0.2) is 18.6 Å². The minimum atomic E-state index is -0.994. The number of halogens is 2. The lowest BCUT2D eigenvalue weighted by molar-refractivity contribution is 0.0706. The summed E-state index contributed by atoms with van der Waals surface area (Å²) in [5.41, 5.74) is 1.07. The fourth-order valence-corrected chi connectivity index (χ4v) is 9.24. The average molecular weight is 666 g/mol. The highest BCUT2D eigenvalue weighted by Crippen LogP contribution is 2.47. The number of pyridine rings is 1. The van der Waals surface area contributed by atoms with Crippen molar-refractivity contribution >= 4 is 33.6 Å². The van der Waals surface area contributed by atoms with Crippen molar-refractivity contribution in [3.05, 3.63) is 59.9 Å². The van der Waals surface area contributed by atoms with Crippen LogP contribution >= 0.6 is 0 Å². The second kappa shape index (κ2) is 10.7. The number of rotatable bonds is 4. The van der Waals surface area contributed by atoms with Crippen molar-refractivity contribution in [3.63, 3.8) is 0 Å². The number of amides is 1. The zero-order valence-corrected chi connectivity index (χ0v) is 26.8. The molecule has 4 fully saturated rings. The predicted molar refractivity (Wildman–Crippen MR) is 176 cm³/mol. The van der Waals surface area contributed by atoms with E-state index in [2.05, 4.69) is 22.5 Å². The first-order chi connectivity index (χ1) is 23.7. The number of aromatic nitrogens is 3. The summed E-state index contributed by atoms with van der Waals surface area (Å²) >= 11 is 0. The highest BCUT2D eigenvalue weighted by Gasteiger charge is 2.54. The molecule has 250 valence electrons. The number of nitriles is 1. The summed E-state index contributed by atoms with van der Waals surface area (Å²) < 4.78 is 44.7. The van der Waals surface area contributed by atoms with E-state index in [0.717, 1.165) is 11.0 Å². The first-order valence-electron chi connectivity index (χ1n) is 16.6. The first-order valence-corrected chi connectivity index (χ1v) is 16.6. The van der Waals surface area contributed by atoms with Gasteiger partial charge in [0.2, 0.25) is 5.88 Å². The maximum Gasteiger partial charge on any atom is 0.407 e. The molecule has 1 N–H and O–H groups in total. The topological polar surface area (TPSA) is 128 Å². The maximum atomic E-state index is 17.1. The van der Waals surface area contributed by atoms with Gasteiger partial charge in [-0.05, 0) is 37.6 Å². The molecule has 4 aromatic rings. The molecule has 2 aromatic carbocycles. The van der Waals surface area contributed by atoms with Gasteiger partial charge >= 0.3 is 12.1 Å². The van der Waals surface area contributed by atoms with Crippen LogP contribution in [0.15, 0.2) is 48.6 Å². The molecule has 5 aliphatic rings. The number of anilines is 1. The van der Waals surface area contributed by atoms with Crippen LogP contribution in [0.3, 0.4) is 0 Å². The van der Waals surface area contributed by atoms with Crippen LogP contribution in [0.2, 0.25) is 0 Å². The molecule has 0 spiro atoms. The van der Waals surface area contributed by atoms with E-state index in [1.165, 1.54) is 4.90 Å². The fraction of sp³-hybridized carbons (Fsp3) is 0.417. The second-order valence-corrected chi connectivity index (χ2v) is 14.0. The van der Waals surface area contributed by atoms with E-state index in [9.17, 15) is 19.6 Å². The Hall–Kier alpha value is -5.09. The lowest BCUT2D eigenvalue weighted by Crippen LogP contribution is -2.64. The molecule has 5 aliphatic heterocycles. The van der Waals surface area contributed by atoms with Gasteiger partial charge in [-0.1, -0.05) is 42.5 Å². The maximum absolute atomic E-state index is 17.1. The second-order valence-electron chi connectivity index (χ2n) is 14.0. The van der Waals surface area contributed by atoms with Crippen LogP contribution in [0, 0.1) is 17.1 Å². The number of carbonyl (C=O) groups is 1. The number of fused-ring (bicyclic) bond motifs is 7. The summed E-state index contributed by atoms with van der Waals surface area (Å²) in [6, 6.07) is 11.7. The molecule has 1 amide bonds. The first kappa shape index (κ1) is 30.0. The van der Waals surface area contributed by atoms with E-state index >= 15 is 4.39 Å². The van der Waals surface area contributed by atoms with Crippen LogP contribution in [0.4, 0.5) is 19.4 Å². The van der Waals surface area contributed by atoms with Gasteiger partial charge in [0.25, 0.3) is 0 Å². The van der Waals surface area contributed by atoms with Crippen LogP contribution < -0.4 is 14.4 Å². The summed E-state index contributed by atoms with van der Waals surface area (Å²) in [5, 5.41) is 21.7. The lowest BCUT2D eigenvalue weighted by Gasteiger charge is -2.47. The zero-order valence-electron chi connectivity index (χ0n) is 26.8. The van der Waals surface area contributed by atoms with E-state index in [0.29, 0.717) is 61.2 Å². The Kier molecular flexibility index (Phi) is 6.55. The van der Waals surface area contributed by atoms with Crippen molar-refractivity contribution in [2.45, 2.75) is 68.5 Å². The Morgan fingerprint density at radius 3 is 2.80 bits per heavy atom. The summed E-state index contributed by atoms with van der Waals surface area (Å²) in [5.74, 6) is -0.250. The molecule has 5 unspecified atom stereocenters. The smallest absolute Gasteiger partial charge is 0.407 e. The summed E-state index contributed by atoms with van der Waals surface area (Å²) in [6.07, 6.45) is -0.345. The third kappa shape index (κ3) is 4.39. The standard InChI is InChI=1S/C36H33F2N7O4/c1-18-11-36(12-22(37)15-43(36)14-18)17-48-34-41-30-27-32(42-34)44-16-23-9-10-25(45(23)35(46)47)31(44)19(2)49-33(27)40-29(28(30)38)24-8-4-6-20-5-3-7-21(13-39)26(20)24/h3-8,19,22-23,25,31H,1,9-12,14-17H2,2H3,(H,46,47)/t19?,22-,23?,25?,31?,36?/m1/s1. The Balaban J connectivity index is 1.24. The number of nitrogens with zero attached hydrogens (tertiary/aromatic N) is 7. The normalized spacial score (nSPS) is 28.7. The molecule has 4 saturated heterocycles. The Bertz CT molecular complexity index is 2140. The molecule has 11 nitrogen and oxygen atoms in total. The monoisotopic (exact) mass is 665 g/mol. The molecule has 0 saturated carbocycles. The third-order valence-corrected chi connectivity index (χ3v) is 11.1. The Labute approximate surface area is 280 Å². The largest absolute Gasteiger partial charge is 0.472 e. The Morgan fingerprint density at radius 2 is 2.00 bits per heavy atom. The highest BCUT2D eigenvalue weighted by atomic mass is 19.1. The van der Waals surface area contributed by atoms with Crippen LogP contribution in [0.1, 0.15) is 38.2 Å². The minimum Gasteiger partial charge on any atom is -0.472 e. The van der Waals surface area contributed by atoms with Crippen molar-refractivity contribution in [2.75, 3.05) is 31.1 Å². The van der Waals surface area contributed by atoms with Crippen molar-refractivity contribution in [1.82, 2.24) is 24.8 Å². The number of ether oxygens (including phenoxy) is 2. The van der Waals surface area contributed by atoms with Gasteiger partial charge in [-0.3, -0.25) is 9.80 Å². The van der Waals surface area contributed by atoms with Crippen molar-refractivity contribution < 1.29 is 28.2 Å². The van der Waals surface area contributed by atoms with Crippen molar-refractivity contribution in [3.8, 4) is 29.2 Å². The van der Waals surface area contributed by atoms with Gasteiger partial charge in [0.1, 0.15) is 41.3 Å². The molecule has 2 aromatic heterocycles. The van der Waals surface area contributed by atoms with Gasteiger partial charge in [-0.15, -0.1) is 0 Å². The van der Waals surface area contributed by atoms with E-state index in [-0.39, 0.29) is 53.6 Å². The summed E-state index contributed by atoms with van der Waals surface area (Å²) in [4.78, 5) is 32.3. The molecule has 9 rings (SSSR count).